The summed E-state index contributed by atoms with van der Waals surface area (Å²) in [5.41, 5.74) is 0. The molecule has 0 saturated heterocycles. The van der Waals surface area contributed by atoms with Gasteiger partial charge in [-0.2, -0.15) is 0 Å². The van der Waals surface area contributed by atoms with Gasteiger partial charge in [0.25, 0.3) is 0 Å². The van der Waals surface area contributed by atoms with E-state index in [1.807, 2.05) is 6.92 Å². The second-order valence-corrected chi connectivity index (χ2v) is 4.06. The molecule has 0 spiro atoms. The van der Waals surface area contributed by atoms with Crippen LogP contribution in [0.3, 0.4) is 0 Å². The number of nitrogens with one attached hydrogen (secondary N) is 1. The molecule has 0 aromatic rings. The molecule has 2 nitrogen and oxygen atoms in total. The fourth-order valence-electron chi connectivity index (χ4n) is 2.12. The summed E-state index contributed by atoms with van der Waals surface area (Å²) in [5, 5.41) is 3.09. The first kappa shape index (κ1) is 10.6. The molecule has 0 radical (unpaired) electrons. The summed E-state index contributed by atoms with van der Waals surface area (Å²) < 4.78 is 0. The van der Waals surface area contributed by atoms with Gasteiger partial charge in [0.05, 0.1) is 0 Å². The van der Waals surface area contributed by atoms with E-state index >= 15 is 0 Å². The average Bonchev–Trinajstić information content (AvgIpc) is 2.18. The molecule has 1 N–H and O–H groups in total. The Kier molecular flexibility index (Phi) is 4.26. The van der Waals surface area contributed by atoms with Crippen molar-refractivity contribution in [3.63, 3.8) is 0 Å². The van der Waals surface area contributed by atoms with Gasteiger partial charge in [0, 0.05) is 12.5 Å². The van der Waals surface area contributed by atoms with Gasteiger partial charge in [-0.25, -0.2) is 0 Å². The first-order chi connectivity index (χ1) is 6.26. The van der Waals surface area contributed by atoms with E-state index in [1.54, 1.807) is 0 Å². The predicted molar refractivity (Wildman–Crippen MR) is 54.5 cm³/mol. The third kappa shape index (κ3) is 3.37. The van der Waals surface area contributed by atoms with Crippen LogP contribution in [0.1, 0.15) is 52.4 Å². The number of hydrogen-bond donors (Lipinski definition) is 1. The van der Waals surface area contributed by atoms with Crippen LogP contribution in [0, 0.1) is 5.92 Å². The summed E-state index contributed by atoms with van der Waals surface area (Å²) in [4.78, 5) is 11.2. The van der Waals surface area contributed by atoms with E-state index in [0.29, 0.717) is 12.5 Å². The van der Waals surface area contributed by atoms with E-state index in [2.05, 4.69) is 12.2 Å². The molecule has 2 heteroatoms. The first-order valence-corrected chi connectivity index (χ1v) is 5.55. The van der Waals surface area contributed by atoms with Crippen molar-refractivity contribution < 1.29 is 4.79 Å². The molecular formula is C11H21NO. The molecule has 2 atom stereocenters. The second kappa shape index (κ2) is 5.25. The summed E-state index contributed by atoms with van der Waals surface area (Å²) in [6.45, 7) is 4.16. The van der Waals surface area contributed by atoms with Gasteiger partial charge < -0.3 is 5.32 Å². The maximum atomic E-state index is 11.2. The van der Waals surface area contributed by atoms with Crippen molar-refractivity contribution >= 4 is 5.91 Å². The highest BCUT2D eigenvalue weighted by molar-refractivity contribution is 5.75. The Morgan fingerprint density at radius 1 is 1.38 bits per heavy atom. The third-order valence-corrected chi connectivity index (χ3v) is 3.05. The highest BCUT2D eigenvalue weighted by Gasteiger charge is 2.21. The van der Waals surface area contributed by atoms with Gasteiger partial charge in [0.2, 0.25) is 5.91 Å². The molecular weight excluding hydrogens is 162 g/mol. The molecule has 1 aliphatic carbocycles. The molecule has 0 aromatic heterocycles. The normalized spacial score (nSPS) is 28.5. The fourth-order valence-corrected chi connectivity index (χ4v) is 2.12. The molecule has 13 heavy (non-hydrogen) atoms. The van der Waals surface area contributed by atoms with Crippen LogP contribution in [0.15, 0.2) is 0 Å². The lowest BCUT2D eigenvalue weighted by Crippen LogP contribution is -2.37. The van der Waals surface area contributed by atoms with Crippen molar-refractivity contribution in [3.05, 3.63) is 0 Å². The third-order valence-electron chi connectivity index (χ3n) is 3.05. The molecule has 1 saturated carbocycles. The minimum Gasteiger partial charge on any atom is -0.353 e. The van der Waals surface area contributed by atoms with Crippen LogP contribution in [-0.4, -0.2) is 11.9 Å². The molecule has 1 aliphatic rings. The zero-order valence-electron chi connectivity index (χ0n) is 8.81. The molecule has 0 unspecified atom stereocenters. The van der Waals surface area contributed by atoms with Crippen LogP contribution < -0.4 is 5.32 Å². The largest absolute Gasteiger partial charge is 0.353 e. The molecule has 0 aliphatic heterocycles. The van der Waals surface area contributed by atoms with Crippen LogP contribution >= 0.6 is 0 Å². The minimum atomic E-state index is 0.210. The van der Waals surface area contributed by atoms with Gasteiger partial charge in [-0.3, -0.25) is 4.79 Å². The van der Waals surface area contributed by atoms with Gasteiger partial charge in [-0.1, -0.05) is 33.1 Å². The van der Waals surface area contributed by atoms with E-state index in [4.69, 9.17) is 0 Å². The lowest BCUT2D eigenvalue weighted by molar-refractivity contribution is -0.121. The second-order valence-electron chi connectivity index (χ2n) is 4.06. The quantitative estimate of drug-likeness (QED) is 0.715. The lowest BCUT2D eigenvalue weighted by Gasteiger charge is -2.28. The molecule has 76 valence electrons. The Morgan fingerprint density at radius 2 is 2.15 bits per heavy atom. The zero-order chi connectivity index (χ0) is 9.68. The Bertz CT molecular complexity index is 167. The monoisotopic (exact) mass is 183 g/mol. The Hall–Kier alpha value is -0.530. The fraction of sp³-hybridized carbons (Fsp3) is 0.909. The summed E-state index contributed by atoms with van der Waals surface area (Å²) in [5.74, 6) is 1.05. The zero-order valence-corrected chi connectivity index (χ0v) is 8.81. The van der Waals surface area contributed by atoms with Crippen molar-refractivity contribution in [3.8, 4) is 0 Å². The van der Waals surface area contributed by atoms with Crippen molar-refractivity contribution in [2.24, 2.45) is 5.92 Å². The van der Waals surface area contributed by atoms with Crippen LogP contribution in [0.25, 0.3) is 0 Å². The average molecular weight is 183 g/mol. The van der Waals surface area contributed by atoms with E-state index in [-0.39, 0.29) is 5.91 Å². The number of amides is 1. The van der Waals surface area contributed by atoms with Crippen LogP contribution in [0.4, 0.5) is 0 Å². The van der Waals surface area contributed by atoms with Crippen molar-refractivity contribution in [1.29, 1.82) is 0 Å². The summed E-state index contributed by atoms with van der Waals surface area (Å²) >= 11 is 0. The predicted octanol–water partition coefficient (Wildman–Crippen LogP) is 2.48. The standard InChI is InChI=1S/C11H21NO/c1-3-9-6-5-7-10(8-9)12-11(13)4-2/h9-10H,3-8H2,1-2H3,(H,12,13)/t9-,10-/m1/s1. The maximum absolute atomic E-state index is 11.2. The highest BCUT2D eigenvalue weighted by Crippen LogP contribution is 2.26. The van der Waals surface area contributed by atoms with E-state index in [1.165, 1.54) is 32.1 Å². The van der Waals surface area contributed by atoms with Gasteiger partial charge in [-0.15, -0.1) is 0 Å². The lowest BCUT2D eigenvalue weighted by atomic mass is 9.84. The number of rotatable bonds is 3. The van der Waals surface area contributed by atoms with E-state index < -0.39 is 0 Å². The van der Waals surface area contributed by atoms with Crippen molar-refractivity contribution in [2.75, 3.05) is 0 Å². The Labute approximate surface area is 81.1 Å². The van der Waals surface area contributed by atoms with Gasteiger partial charge in [-0.05, 0) is 18.8 Å². The molecule has 1 amide bonds. The molecule has 0 bridgehead atoms. The number of hydrogen-bond acceptors (Lipinski definition) is 1. The number of carbonyl (C=O) groups is 1. The van der Waals surface area contributed by atoms with Crippen LogP contribution in [0.2, 0.25) is 0 Å². The SMILES string of the molecule is CCC(=O)N[C@@H]1CCC[C@@H](CC)C1. The van der Waals surface area contributed by atoms with Gasteiger partial charge >= 0.3 is 0 Å². The van der Waals surface area contributed by atoms with E-state index in [9.17, 15) is 4.79 Å². The van der Waals surface area contributed by atoms with Gasteiger partial charge in [0.15, 0.2) is 0 Å². The first-order valence-electron chi connectivity index (χ1n) is 5.55. The highest BCUT2D eigenvalue weighted by atomic mass is 16.1. The molecule has 0 aromatic carbocycles. The minimum absolute atomic E-state index is 0.210. The smallest absolute Gasteiger partial charge is 0.219 e. The maximum Gasteiger partial charge on any atom is 0.219 e. The molecule has 0 heterocycles. The van der Waals surface area contributed by atoms with Gasteiger partial charge in [0.1, 0.15) is 0 Å². The number of carbonyl (C=O) groups excluding carboxylic acids is 1. The molecule has 1 rings (SSSR count). The summed E-state index contributed by atoms with van der Waals surface area (Å²) in [7, 11) is 0. The molecule has 1 fully saturated rings. The van der Waals surface area contributed by atoms with Crippen LogP contribution in [0.5, 0.6) is 0 Å². The van der Waals surface area contributed by atoms with Crippen molar-refractivity contribution in [1.82, 2.24) is 5.32 Å². The van der Waals surface area contributed by atoms with Crippen LogP contribution in [-0.2, 0) is 4.79 Å². The summed E-state index contributed by atoms with van der Waals surface area (Å²) in [6.07, 6.45) is 6.90. The topological polar surface area (TPSA) is 29.1 Å². The van der Waals surface area contributed by atoms with E-state index in [0.717, 1.165) is 5.92 Å². The summed E-state index contributed by atoms with van der Waals surface area (Å²) in [6, 6.07) is 0.464. The van der Waals surface area contributed by atoms with Crippen molar-refractivity contribution in [2.45, 2.75) is 58.4 Å². The Balaban J connectivity index is 2.29. The Morgan fingerprint density at radius 3 is 2.77 bits per heavy atom.